The number of hydrogen-bond acceptors (Lipinski definition) is 8. The number of benzene rings is 4. The van der Waals surface area contributed by atoms with Gasteiger partial charge in [0.2, 0.25) is 0 Å². The lowest BCUT2D eigenvalue weighted by Crippen LogP contribution is -2.38. The maximum absolute atomic E-state index is 14.3. The van der Waals surface area contributed by atoms with Crippen molar-refractivity contribution in [2.45, 2.75) is 227 Å². The third-order valence-corrected chi connectivity index (χ3v) is 18.9. The first-order valence-electron chi connectivity index (χ1n) is 33.6. The highest BCUT2D eigenvalue weighted by Gasteiger charge is 2.32. The van der Waals surface area contributed by atoms with Gasteiger partial charge in [0.25, 0.3) is 23.6 Å². The van der Waals surface area contributed by atoms with E-state index in [9.17, 15) is 19.2 Å². The highest BCUT2D eigenvalue weighted by Crippen LogP contribution is 2.47. The Bertz CT molecular complexity index is 2870. The second-order valence-corrected chi connectivity index (χ2v) is 30.1. The van der Waals surface area contributed by atoms with Crippen LogP contribution in [0.5, 0.6) is 23.0 Å². The summed E-state index contributed by atoms with van der Waals surface area (Å²) in [5, 5.41) is 0. The number of nitrogens with zero attached hydrogens (tertiary/aromatic N) is 4. The molecule has 0 saturated carbocycles. The van der Waals surface area contributed by atoms with Crippen LogP contribution in [-0.2, 0) is 72.9 Å². The summed E-state index contributed by atoms with van der Waals surface area (Å²) in [6.45, 7) is 32.5. The molecule has 474 valence electrons. The summed E-state index contributed by atoms with van der Waals surface area (Å²) in [4.78, 5) is 65.0. The molecule has 0 radical (unpaired) electrons. The summed E-state index contributed by atoms with van der Waals surface area (Å²) < 4.78 is 28.4. The van der Waals surface area contributed by atoms with Crippen LogP contribution in [-0.4, -0.2) is 122 Å². The molecule has 4 aromatic carbocycles. The standard InChI is InChI=1S/C75H106N4O8/c1-72(2,3)58-40-52-27-25-29-54-42-60(74(7,8)9)46-62(70(54)86-50-66(82)78-35-21-15-22-36-78)63-47-61(75(10,11)12)43-55(71(63)87-51-67(83)79-37-23-16-24-38-79)30-26-28-53-41-59(73(4,5)6)45-57(69(53)85-49-65(81)77-33-19-14-20-34-77)39-56(44-58)68(52)84-48-64(80)76-31-17-13-18-32-76/h40-47H,13-39,48-51H2,1-12H3. The van der Waals surface area contributed by atoms with Gasteiger partial charge >= 0.3 is 0 Å². The minimum Gasteiger partial charge on any atom is -0.483 e. The lowest BCUT2D eigenvalue weighted by atomic mass is 9.80. The average molecular weight is 1190 g/mol. The van der Waals surface area contributed by atoms with E-state index in [0.29, 0.717) is 56.4 Å². The molecule has 0 aromatic heterocycles. The molecular formula is C75H106N4O8. The zero-order valence-electron chi connectivity index (χ0n) is 55.6. The molecule has 4 aliphatic heterocycles. The van der Waals surface area contributed by atoms with Crippen molar-refractivity contribution < 1.29 is 38.1 Å². The first kappa shape index (κ1) is 65.4. The fourth-order valence-electron chi connectivity index (χ4n) is 13.4. The molecule has 4 fully saturated rings. The van der Waals surface area contributed by atoms with Gasteiger partial charge in [0, 0.05) is 69.9 Å². The van der Waals surface area contributed by atoms with Crippen LogP contribution < -0.4 is 18.9 Å². The SMILES string of the molecule is CC(C)(C)c1cc2c(OCC(=O)N3CCCCC3)c(c1)Cc1cc(C(C)(C)C)cc(c1OCC(=O)N1CCCCC1)CCCc1cc(C(C)(C)C)cc(c1OCC(=O)N1CCCCC1)-c1cc(C(C)(C)C)cc(c1OCC(=O)N1CCCCC1)CCC2. The first-order valence-corrected chi connectivity index (χ1v) is 33.6. The number of likely N-dealkylation sites (tertiary alicyclic amines) is 4. The van der Waals surface area contributed by atoms with E-state index in [1.165, 1.54) is 11.1 Å². The molecule has 8 bridgehead atoms. The molecule has 9 rings (SSSR count). The number of amides is 4. The van der Waals surface area contributed by atoms with Crippen LogP contribution in [0.1, 0.15) is 229 Å². The van der Waals surface area contributed by atoms with Crippen LogP contribution in [0.15, 0.2) is 48.5 Å². The van der Waals surface area contributed by atoms with Crippen molar-refractivity contribution in [2.75, 3.05) is 78.8 Å². The first-order chi connectivity index (χ1) is 41.3. The molecule has 4 heterocycles. The van der Waals surface area contributed by atoms with Crippen molar-refractivity contribution in [1.82, 2.24) is 19.6 Å². The van der Waals surface area contributed by atoms with Gasteiger partial charge in [0.15, 0.2) is 26.4 Å². The van der Waals surface area contributed by atoms with Gasteiger partial charge in [-0.15, -0.1) is 0 Å². The number of carbonyl (C=O) groups is 4. The Morgan fingerprint density at radius 3 is 0.770 bits per heavy atom. The largest absolute Gasteiger partial charge is 0.483 e. The lowest BCUT2D eigenvalue weighted by molar-refractivity contribution is -0.135. The van der Waals surface area contributed by atoms with Gasteiger partial charge in [-0.25, -0.2) is 0 Å². The Morgan fingerprint density at radius 2 is 0.517 bits per heavy atom. The number of piperidine rings is 4. The lowest BCUT2D eigenvalue weighted by Gasteiger charge is -2.30. The quantitative estimate of drug-likeness (QED) is 0.138. The number of carbonyl (C=O) groups excluding carboxylic acids is 4. The third-order valence-electron chi connectivity index (χ3n) is 18.9. The van der Waals surface area contributed by atoms with E-state index in [0.717, 1.165) is 197 Å². The number of hydrogen-bond donors (Lipinski definition) is 0. The van der Waals surface area contributed by atoms with Crippen molar-refractivity contribution in [3.05, 3.63) is 104 Å². The predicted molar refractivity (Wildman–Crippen MR) is 350 cm³/mol. The fourth-order valence-corrected chi connectivity index (χ4v) is 13.4. The van der Waals surface area contributed by atoms with Crippen molar-refractivity contribution in [2.24, 2.45) is 0 Å². The van der Waals surface area contributed by atoms with E-state index in [-0.39, 0.29) is 71.7 Å². The molecule has 0 atom stereocenters. The molecule has 4 aromatic rings. The molecule has 5 aliphatic rings. The van der Waals surface area contributed by atoms with E-state index in [1.807, 2.05) is 19.6 Å². The summed E-state index contributed by atoms with van der Waals surface area (Å²) in [5.74, 6) is 2.74. The third kappa shape index (κ3) is 16.8. The number of rotatable bonds is 12. The smallest absolute Gasteiger partial charge is 0.260 e. The zero-order chi connectivity index (χ0) is 62.3. The topological polar surface area (TPSA) is 118 Å². The molecule has 0 N–H and O–H groups in total. The number of aryl methyl sites for hydroxylation is 4. The molecular weight excluding hydrogens is 1080 g/mol. The van der Waals surface area contributed by atoms with Crippen molar-refractivity contribution in [3.8, 4) is 34.1 Å². The molecule has 1 aliphatic carbocycles. The van der Waals surface area contributed by atoms with Gasteiger partial charge in [-0.1, -0.05) is 119 Å². The number of ether oxygens (including phenoxy) is 4. The normalized spacial score (nSPS) is 17.6. The Labute approximate surface area is 522 Å². The minimum absolute atomic E-state index is 0.000729. The molecule has 4 saturated heterocycles. The molecule has 12 nitrogen and oxygen atoms in total. The summed E-state index contributed by atoms with van der Waals surface area (Å²) >= 11 is 0. The van der Waals surface area contributed by atoms with Crippen molar-refractivity contribution >= 4 is 23.6 Å². The summed E-state index contributed by atoms with van der Waals surface area (Å²) in [7, 11) is 0. The highest BCUT2D eigenvalue weighted by molar-refractivity contribution is 5.84. The van der Waals surface area contributed by atoms with Gasteiger partial charge in [0.1, 0.15) is 23.0 Å². The van der Waals surface area contributed by atoms with Crippen LogP contribution in [0, 0.1) is 0 Å². The second-order valence-electron chi connectivity index (χ2n) is 30.1. The summed E-state index contributed by atoms with van der Waals surface area (Å²) in [5.41, 5.74) is 11.3. The van der Waals surface area contributed by atoms with E-state index in [1.54, 1.807) is 0 Å². The Kier molecular flexibility index (Phi) is 21.2. The van der Waals surface area contributed by atoms with Crippen molar-refractivity contribution in [3.63, 3.8) is 0 Å². The highest BCUT2D eigenvalue weighted by atomic mass is 16.5. The number of fused-ring (bicyclic) bond motifs is 9. The van der Waals surface area contributed by atoms with E-state index >= 15 is 0 Å². The van der Waals surface area contributed by atoms with E-state index in [4.69, 9.17) is 18.9 Å². The monoisotopic (exact) mass is 1190 g/mol. The van der Waals surface area contributed by atoms with E-state index in [2.05, 4.69) is 132 Å². The second kappa shape index (κ2) is 28.2. The molecule has 4 amide bonds. The van der Waals surface area contributed by atoms with Gasteiger partial charge in [-0.3, -0.25) is 19.2 Å². The maximum Gasteiger partial charge on any atom is 0.260 e. The predicted octanol–water partition coefficient (Wildman–Crippen LogP) is 14.4. The molecule has 0 unspecified atom stereocenters. The fraction of sp³-hybridized carbons (Fsp3) is 0.627. The molecule has 87 heavy (non-hydrogen) atoms. The van der Waals surface area contributed by atoms with Gasteiger partial charge in [-0.05, 0) is 205 Å². The maximum atomic E-state index is 14.3. The van der Waals surface area contributed by atoms with Crippen LogP contribution >= 0.6 is 0 Å². The van der Waals surface area contributed by atoms with Crippen LogP contribution in [0.2, 0.25) is 0 Å². The van der Waals surface area contributed by atoms with E-state index < -0.39 is 0 Å². The van der Waals surface area contributed by atoms with Crippen molar-refractivity contribution in [1.29, 1.82) is 0 Å². The Hall–Kier alpha value is -6.04. The van der Waals surface area contributed by atoms with Gasteiger partial charge in [-0.2, -0.15) is 0 Å². The minimum atomic E-state index is -0.285. The summed E-state index contributed by atoms with van der Waals surface area (Å²) in [6.07, 6.45) is 16.7. The van der Waals surface area contributed by atoms with Gasteiger partial charge < -0.3 is 38.5 Å². The Balaban J connectivity index is 1.28. The van der Waals surface area contributed by atoms with Gasteiger partial charge in [0.05, 0.1) is 0 Å². The van der Waals surface area contributed by atoms with Crippen LogP contribution in [0.25, 0.3) is 11.1 Å². The van der Waals surface area contributed by atoms with Crippen LogP contribution in [0.4, 0.5) is 0 Å². The summed E-state index contributed by atoms with van der Waals surface area (Å²) in [6, 6.07) is 18.3. The molecule has 12 heteroatoms. The average Bonchev–Trinajstić information content (AvgIpc) is 1.46. The van der Waals surface area contributed by atoms with Crippen LogP contribution in [0.3, 0.4) is 0 Å². The molecule has 0 spiro atoms. The zero-order valence-corrected chi connectivity index (χ0v) is 55.6. The Morgan fingerprint density at radius 1 is 0.299 bits per heavy atom.